The van der Waals surface area contributed by atoms with E-state index in [1.807, 2.05) is 4.90 Å². The van der Waals surface area contributed by atoms with Crippen LogP contribution in [0.5, 0.6) is 0 Å². The standard InChI is InChI=1S/C19H29N3O2/c1-16-5-7-18(8-6-16)21-10-12-22(13-11-21)19(23)24-15-17-4-3-9-20(2)14-17/h5-8,17H,3-4,9-15H2,1-2H3. The Morgan fingerprint density at radius 1 is 1.12 bits per heavy atom. The predicted octanol–water partition coefficient (Wildman–Crippen LogP) is 2.60. The third-order valence-electron chi connectivity index (χ3n) is 5.10. The van der Waals surface area contributed by atoms with Crippen LogP contribution in [0.1, 0.15) is 18.4 Å². The number of hydrogen-bond acceptors (Lipinski definition) is 4. The van der Waals surface area contributed by atoms with Crippen LogP contribution in [-0.4, -0.2) is 68.8 Å². The molecule has 0 aliphatic carbocycles. The molecule has 0 spiro atoms. The molecule has 0 N–H and O–H groups in total. The second-order valence-corrected chi connectivity index (χ2v) is 7.16. The maximum Gasteiger partial charge on any atom is 0.409 e. The maximum atomic E-state index is 12.3. The molecule has 2 aliphatic rings. The van der Waals surface area contributed by atoms with Gasteiger partial charge in [0, 0.05) is 44.3 Å². The van der Waals surface area contributed by atoms with Gasteiger partial charge in [-0.15, -0.1) is 0 Å². The molecule has 0 aromatic heterocycles. The Morgan fingerprint density at radius 2 is 1.83 bits per heavy atom. The van der Waals surface area contributed by atoms with Crippen molar-refractivity contribution in [2.75, 3.05) is 57.8 Å². The molecule has 2 saturated heterocycles. The number of piperidine rings is 1. The van der Waals surface area contributed by atoms with Gasteiger partial charge < -0.3 is 19.4 Å². The van der Waals surface area contributed by atoms with E-state index in [9.17, 15) is 4.79 Å². The molecule has 3 rings (SSSR count). The second kappa shape index (κ2) is 7.88. The number of aryl methyl sites for hydroxylation is 1. The van der Waals surface area contributed by atoms with Crippen LogP contribution >= 0.6 is 0 Å². The predicted molar refractivity (Wildman–Crippen MR) is 96.5 cm³/mol. The van der Waals surface area contributed by atoms with E-state index in [2.05, 4.69) is 48.0 Å². The van der Waals surface area contributed by atoms with Gasteiger partial charge in [-0.05, 0) is 45.5 Å². The summed E-state index contributed by atoms with van der Waals surface area (Å²) >= 11 is 0. The van der Waals surface area contributed by atoms with E-state index >= 15 is 0 Å². The molecular weight excluding hydrogens is 302 g/mol. The summed E-state index contributed by atoms with van der Waals surface area (Å²) in [6.45, 7) is 8.05. The van der Waals surface area contributed by atoms with Crippen LogP contribution in [0.3, 0.4) is 0 Å². The number of nitrogens with zero attached hydrogens (tertiary/aromatic N) is 3. The zero-order valence-corrected chi connectivity index (χ0v) is 14.9. The topological polar surface area (TPSA) is 36.0 Å². The fourth-order valence-corrected chi connectivity index (χ4v) is 3.59. The van der Waals surface area contributed by atoms with Gasteiger partial charge in [-0.1, -0.05) is 17.7 Å². The Kier molecular flexibility index (Phi) is 5.61. The van der Waals surface area contributed by atoms with Gasteiger partial charge in [0.15, 0.2) is 0 Å². The molecule has 1 aromatic carbocycles. The Bertz CT molecular complexity index is 538. The van der Waals surface area contributed by atoms with Crippen LogP contribution in [0.15, 0.2) is 24.3 Å². The molecule has 0 radical (unpaired) electrons. The van der Waals surface area contributed by atoms with Gasteiger partial charge in [-0.2, -0.15) is 0 Å². The van der Waals surface area contributed by atoms with Crippen molar-refractivity contribution in [3.05, 3.63) is 29.8 Å². The monoisotopic (exact) mass is 331 g/mol. The fraction of sp³-hybridized carbons (Fsp3) is 0.632. The molecule has 1 amide bonds. The first-order valence-corrected chi connectivity index (χ1v) is 9.03. The Hall–Kier alpha value is -1.75. The van der Waals surface area contributed by atoms with Gasteiger partial charge in [0.25, 0.3) is 0 Å². The van der Waals surface area contributed by atoms with Gasteiger partial charge >= 0.3 is 6.09 Å². The van der Waals surface area contributed by atoms with E-state index in [1.54, 1.807) is 0 Å². The summed E-state index contributed by atoms with van der Waals surface area (Å²) in [7, 11) is 2.14. The molecule has 0 bridgehead atoms. The van der Waals surface area contributed by atoms with Gasteiger partial charge in [-0.3, -0.25) is 0 Å². The van der Waals surface area contributed by atoms with Gasteiger partial charge in [0.05, 0.1) is 6.61 Å². The van der Waals surface area contributed by atoms with E-state index in [4.69, 9.17) is 4.74 Å². The second-order valence-electron chi connectivity index (χ2n) is 7.16. The fourth-order valence-electron chi connectivity index (χ4n) is 3.59. The highest BCUT2D eigenvalue weighted by atomic mass is 16.6. The number of likely N-dealkylation sites (tertiary alicyclic amines) is 1. The molecule has 0 saturated carbocycles. The number of rotatable bonds is 3. The minimum absolute atomic E-state index is 0.146. The average molecular weight is 331 g/mol. The molecule has 1 aromatic rings. The summed E-state index contributed by atoms with van der Waals surface area (Å²) < 4.78 is 5.57. The van der Waals surface area contributed by atoms with Crippen molar-refractivity contribution in [2.24, 2.45) is 5.92 Å². The van der Waals surface area contributed by atoms with Crippen molar-refractivity contribution in [1.82, 2.24) is 9.80 Å². The number of amides is 1. The molecule has 24 heavy (non-hydrogen) atoms. The molecule has 5 nitrogen and oxygen atoms in total. The Labute approximate surface area is 145 Å². The smallest absolute Gasteiger partial charge is 0.409 e. The lowest BCUT2D eigenvalue weighted by molar-refractivity contribution is 0.0686. The van der Waals surface area contributed by atoms with Crippen LogP contribution in [-0.2, 0) is 4.74 Å². The summed E-state index contributed by atoms with van der Waals surface area (Å²) in [5.74, 6) is 0.488. The quantitative estimate of drug-likeness (QED) is 0.853. The normalized spacial score (nSPS) is 22.5. The zero-order valence-electron chi connectivity index (χ0n) is 14.9. The molecule has 2 fully saturated rings. The SMILES string of the molecule is Cc1ccc(N2CCN(C(=O)OCC3CCCN(C)C3)CC2)cc1. The number of benzene rings is 1. The van der Waals surface area contributed by atoms with Crippen molar-refractivity contribution in [3.63, 3.8) is 0 Å². The van der Waals surface area contributed by atoms with Gasteiger partial charge in [0.1, 0.15) is 0 Å². The van der Waals surface area contributed by atoms with Crippen LogP contribution in [0.2, 0.25) is 0 Å². The summed E-state index contributed by atoms with van der Waals surface area (Å²) in [4.78, 5) is 18.8. The molecule has 5 heteroatoms. The van der Waals surface area contributed by atoms with E-state index in [1.165, 1.54) is 24.1 Å². The van der Waals surface area contributed by atoms with Crippen molar-refractivity contribution in [1.29, 1.82) is 0 Å². The molecular formula is C19H29N3O2. The van der Waals surface area contributed by atoms with Crippen LogP contribution in [0.25, 0.3) is 0 Å². The van der Waals surface area contributed by atoms with E-state index in [0.29, 0.717) is 12.5 Å². The first kappa shape index (κ1) is 17.1. The number of piperazine rings is 1. The highest BCUT2D eigenvalue weighted by Crippen LogP contribution is 2.18. The molecule has 1 atom stereocenters. The van der Waals surface area contributed by atoms with Crippen molar-refractivity contribution < 1.29 is 9.53 Å². The number of anilines is 1. The highest BCUT2D eigenvalue weighted by molar-refractivity contribution is 5.68. The van der Waals surface area contributed by atoms with Crippen LogP contribution in [0, 0.1) is 12.8 Å². The maximum absolute atomic E-state index is 12.3. The highest BCUT2D eigenvalue weighted by Gasteiger charge is 2.24. The Morgan fingerprint density at radius 3 is 2.50 bits per heavy atom. The summed E-state index contributed by atoms with van der Waals surface area (Å²) in [5, 5.41) is 0. The van der Waals surface area contributed by atoms with Crippen molar-refractivity contribution in [3.8, 4) is 0 Å². The van der Waals surface area contributed by atoms with Crippen LogP contribution in [0.4, 0.5) is 10.5 Å². The minimum Gasteiger partial charge on any atom is -0.449 e. The number of ether oxygens (including phenoxy) is 1. The Balaban J connectivity index is 1.42. The molecule has 132 valence electrons. The number of hydrogen-bond donors (Lipinski definition) is 0. The molecule has 1 unspecified atom stereocenters. The lowest BCUT2D eigenvalue weighted by Crippen LogP contribution is -2.49. The van der Waals surface area contributed by atoms with Gasteiger partial charge in [-0.25, -0.2) is 4.79 Å². The van der Waals surface area contributed by atoms with E-state index in [-0.39, 0.29) is 6.09 Å². The van der Waals surface area contributed by atoms with E-state index < -0.39 is 0 Å². The lowest BCUT2D eigenvalue weighted by Gasteiger charge is -2.36. The first-order chi connectivity index (χ1) is 11.6. The van der Waals surface area contributed by atoms with Crippen molar-refractivity contribution >= 4 is 11.8 Å². The average Bonchev–Trinajstić information content (AvgIpc) is 2.61. The molecule has 2 heterocycles. The van der Waals surface area contributed by atoms with Crippen molar-refractivity contribution in [2.45, 2.75) is 19.8 Å². The largest absolute Gasteiger partial charge is 0.449 e. The number of carbonyl (C=O) groups is 1. The minimum atomic E-state index is -0.146. The summed E-state index contributed by atoms with van der Waals surface area (Å²) in [5.41, 5.74) is 2.51. The third-order valence-corrected chi connectivity index (χ3v) is 5.10. The number of carbonyl (C=O) groups excluding carboxylic acids is 1. The zero-order chi connectivity index (χ0) is 16.9. The van der Waals surface area contributed by atoms with Crippen LogP contribution < -0.4 is 4.90 Å². The summed E-state index contributed by atoms with van der Waals surface area (Å²) in [6.07, 6.45) is 2.22. The third kappa shape index (κ3) is 4.41. The first-order valence-electron chi connectivity index (χ1n) is 9.03. The summed E-state index contributed by atoms with van der Waals surface area (Å²) in [6, 6.07) is 8.58. The molecule has 2 aliphatic heterocycles. The van der Waals surface area contributed by atoms with E-state index in [0.717, 1.165) is 39.3 Å². The lowest BCUT2D eigenvalue weighted by atomic mass is 10.00. The van der Waals surface area contributed by atoms with Gasteiger partial charge in [0.2, 0.25) is 0 Å².